The molecular weight excluding hydrogens is 336 g/mol. The summed E-state index contributed by atoms with van der Waals surface area (Å²) in [5.74, 6) is -0.344. The fourth-order valence-electron chi connectivity index (χ4n) is 1.92. The molecule has 0 unspecified atom stereocenters. The fourth-order valence-corrected chi connectivity index (χ4v) is 4.25. The molecule has 0 aliphatic carbocycles. The summed E-state index contributed by atoms with van der Waals surface area (Å²) in [7, 11) is 1.39. The number of esters is 1. The van der Waals surface area contributed by atoms with Crippen LogP contribution in [0.4, 0.5) is 0 Å². The molecular formula is C15H12N2O2S3. The standard InChI is InChI=1S/C15H12N2O2S3/c1-19-14(18)9-5-3-4-6-11(9)22-13-10-7-8-21-12(10)16-15(17-13)20-2/h3-8H,1-2H3. The maximum absolute atomic E-state index is 11.9. The number of aromatic nitrogens is 2. The zero-order chi connectivity index (χ0) is 15.5. The number of rotatable bonds is 4. The molecule has 3 rings (SSSR count). The van der Waals surface area contributed by atoms with Crippen molar-refractivity contribution >= 4 is 51.0 Å². The molecule has 2 heterocycles. The zero-order valence-electron chi connectivity index (χ0n) is 11.9. The first-order chi connectivity index (χ1) is 10.7. The zero-order valence-corrected chi connectivity index (χ0v) is 14.3. The second-order valence-electron chi connectivity index (χ2n) is 4.24. The minimum absolute atomic E-state index is 0.344. The lowest BCUT2D eigenvalue weighted by Gasteiger charge is -2.08. The van der Waals surface area contributed by atoms with Crippen LogP contribution in [-0.2, 0) is 4.74 Å². The highest BCUT2D eigenvalue weighted by atomic mass is 32.2. The van der Waals surface area contributed by atoms with E-state index < -0.39 is 0 Å². The number of carbonyl (C=O) groups excluding carboxylic acids is 1. The Labute approximate surface area is 140 Å². The van der Waals surface area contributed by atoms with Crippen LogP contribution in [0.2, 0.25) is 0 Å². The van der Waals surface area contributed by atoms with Gasteiger partial charge in [-0.2, -0.15) is 0 Å². The first kappa shape index (κ1) is 15.3. The van der Waals surface area contributed by atoms with Gasteiger partial charge in [0.15, 0.2) is 5.16 Å². The van der Waals surface area contributed by atoms with Crippen molar-refractivity contribution in [3.8, 4) is 0 Å². The lowest BCUT2D eigenvalue weighted by molar-refractivity contribution is 0.0597. The molecule has 4 nitrogen and oxygen atoms in total. The van der Waals surface area contributed by atoms with Gasteiger partial charge < -0.3 is 4.74 Å². The van der Waals surface area contributed by atoms with Gasteiger partial charge in [-0.05, 0) is 29.8 Å². The number of nitrogens with zero attached hydrogens (tertiary/aromatic N) is 2. The van der Waals surface area contributed by atoms with Crippen molar-refractivity contribution < 1.29 is 9.53 Å². The Kier molecular flexibility index (Phi) is 4.66. The third-order valence-electron chi connectivity index (χ3n) is 2.95. The number of hydrogen-bond acceptors (Lipinski definition) is 7. The largest absolute Gasteiger partial charge is 0.465 e. The number of ether oxygens (including phenoxy) is 1. The van der Waals surface area contributed by atoms with E-state index in [2.05, 4.69) is 9.97 Å². The monoisotopic (exact) mass is 348 g/mol. The molecule has 0 N–H and O–H groups in total. The van der Waals surface area contributed by atoms with Crippen LogP contribution in [0.25, 0.3) is 10.2 Å². The van der Waals surface area contributed by atoms with E-state index in [1.807, 2.05) is 35.9 Å². The highest BCUT2D eigenvalue weighted by Gasteiger charge is 2.15. The Balaban J connectivity index is 2.07. The molecule has 0 atom stereocenters. The van der Waals surface area contributed by atoms with E-state index in [1.54, 1.807) is 17.4 Å². The van der Waals surface area contributed by atoms with Gasteiger partial charge >= 0.3 is 5.97 Å². The summed E-state index contributed by atoms with van der Waals surface area (Å²) in [4.78, 5) is 22.8. The maximum Gasteiger partial charge on any atom is 0.339 e. The van der Waals surface area contributed by atoms with Crippen molar-refractivity contribution in [2.45, 2.75) is 15.1 Å². The molecule has 0 saturated carbocycles. The van der Waals surface area contributed by atoms with Crippen LogP contribution in [0.3, 0.4) is 0 Å². The van der Waals surface area contributed by atoms with Gasteiger partial charge in [-0.25, -0.2) is 14.8 Å². The summed E-state index contributed by atoms with van der Waals surface area (Å²) in [5, 5.41) is 4.59. The summed E-state index contributed by atoms with van der Waals surface area (Å²) in [6, 6.07) is 9.39. The van der Waals surface area contributed by atoms with E-state index in [0.717, 1.165) is 25.3 Å². The minimum Gasteiger partial charge on any atom is -0.465 e. The summed E-state index contributed by atoms with van der Waals surface area (Å²) >= 11 is 4.56. The average Bonchev–Trinajstić information content (AvgIpc) is 3.03. The summed E-state index contributed by atoms with van der Waals surface area (Å²) in [6.45, 7) is 0. The quantitative estimate of drug-likeness (QED) is 0.302. The van der Waals surface area contributed by atoms with Crippen LogP contribution in [0.1, 0.15) is 10.4 Å². The smallest absolute Gasteiger partial charge is 0.339 e. The molecule has 0 aliphatic heterocycles. The number of thiophene rings is 1. The Morgan fingerprint density at radius 1 is 1.23 bits per heavy atom. The van der Waals surface area contributed by atoms with Crippen molar-refractivity contribution in [1.82, 2.24) is 9.97 Å². The molecule has 22 heavy (non-hydrogen) atoms. The number of thioether (sulfide) groups is 1. The molecule has 7 heteroatoms. The number of methoxy groups -OCH3 is 1. The van der Waals surface area contributed by atoms with Crippen LogP contribution in [-0.4, -0.2) is 29.3 Å². The second-order valence-corrected chi connectivity index (χ2v) is 6.94. The van der Waals surface area contributed by atoms with Gasteiger partial charge in [0, 0.05) is 10.3 Å². The molecule has 2 aromatic heterocycles. The molecule has 0 bridgehead atoms. The van der Waals surface area contributed by atoms with Crippen molar-refractivity contribution in [2.75, 3.05) is 13.4 Å². The Morgan fingerprint density at radius 3 is 2.82 bits per heavy atom. The predicted octanol–water partition coefficient (Wildman–Crippen LogP) is 4.35. The van der Waals surface area contributed by atoms with Gasteiger partial charge in [0.25, 0.3) is 0 Å². The average molecular weight is 348 g/mol. The van der Waals surface area contributed by atoms with Gasteiger partial charge in [0.05, 0.1) is 12.7 Å². The molecule has 0 radical (unpaired) electrons. The van der Waals surface area contributed by atoms with Gasteiger partial charge in [-0.1, -0.05) is 35.7 Å². The lowest BCUT2D eigenvalue weighted by atomic mass is 10.2. The van der Waals surface area contributed by atoms with Gasteiger partial charge in [-0.3, -0.25) is 0 Å². The van der Waals surface area contributed by atoms with Gasteiger partial charge in [-0.15, -0.1) is 11.3 Å². The highest BCUT2D eigenvalue weighted by Crippen LogP contribution is 2.36. The van der Waals surface area contributed by atoms with Crippen LogP contribution >= 0.6 is 34.9 Å². The second kappa shape index (κ2) is 6.68. The Hall–Kier alpha value is -1.57. The molecule has 3 aromatic rings. The summed E-state index contributed by atoms with van der Waals surface area (Å²) < 4.78 is 4.84. The summed E-state index contributed by atoms with van der Waals surface area (Å²) in [6.07, 6.45) is 1.95. The van der Waals surface area contributed by atoms with Crippen LogP contribution in [0.15, 0.2) is 50.8 Å². The van der Waals surface area contributed by atoms with E-state index in [1.165, 1.54) is 30.6 Å². The lowest BCUT2D eigenvalue weighted by Crippen LogP contribution is -2.02. The van der Waals surface area contributed by atoms with Crippen molar-refractivity contribution in [2.24, 2.45) is 0 Å². The first-order valence-corrected chi connectivity index (χ1v) is 9.29. The van der Waals surface area contributed by atoms with Crippen LogP contribution < -0.4 is 0 Å². The third kappa shape index (κ3) is 2.97. The van der Waals surface area contributed by atoms with Crippen molar-refractivity contribution in [3.63, 3.8) is 0 Å². The van der Waals surface area contributed by atoms with E-state index in [9.17, 15) is 4.79 Å². The number of hydrogen-bond donors (Lipinski definition) is 0. The Morgan fingerprint density at radius 2 is 2.05 bits per heavy atom. The minimum atomic E-state index is -0.344. The predicted molar refractivity (Wildman–Crippen MR) is 91.1 cm³/mol. The molecule has 112 valence electrons. The van der Waals surface area contributed by atoms with E-state index in [4.69, 9.17) is 4.74 Å². The highest BCUT2D eigenvalue weighted by molar-refractivity contribution is 7.99. The van der Waals surface area contributed by atoms with Crippen molar-refractivity contribution in [1.29, 1.82) is 0 Å². The van der Waals surface area contributed by atoms with E-state index in [-0.39, 0.29) is 5.97 Å². The van der Waals surface area contributed by atoms with E-state index in [0.29, 0.717) is 5.56 Å². The number of carbonyl (C=O) groups is 1. The van der Waals surface area contributed by atoms with Gasteiger partial charge in [0.2, 0.25) is 0 Å². The van der Waals surface area contributed by atoms with Crippen LogP contribution in [0, 0.1) is 0 Å². The van der Waals surface area contributed by atoms with Crippen LogP contribution in [0.5, 0.6) is 0 Å². The third-order valence-corrected chi connectivity index (χ3v) is 5.39. The number of fused-ring (bicyclic) bond motifs is 1. The molecule has 0 fully saturated rings. The fraction of sp³-hybridized carbons (Fsp3) is 0.133. The molecule has 0 spiro atoms. The maximum atomic E-state index is 11.9. The SMILES string of the molecule is COC(=O)c1ccccc1Sc1nc(SC)nc2sccc12. The van der Waals surface area contributed by atoms with E-state index >= 15 is 0 Å². The van der Waals surface area contributed by atoms with Gasteiger partial charge in [0.1, 0.15) is 9.86 Å². The topological polar surface area (TPSA) is 52.1 Å². The first-order valence-electron chi connectivity index (χ1n) is 6.37. The number of benzene rings is 1. The molecule has 1 aromatic carbocycles. The summed E-state index contributed by atoms with van der Waals surface area (Å²) in [5.41, 5.74) is 0.544. The van der Waals surface area contributed by atoms with Crippen molar-refractivity contribution in [3.05, 3.63) is 41.3 Å². The molecule has 0 aliphatic rings. The molecule has 0 amide bonds. The Bertz CT molecular complexity index is 833. The normalized spacial score (nSPS) is 10.8. The molecule has 0 saturated heterocycles.